The number of hydroxylamine groups is 2. The Bertz CT molecular complexity index is 341. The number of unbranched alkanes of at least 4 members (excludes halogenated alkanes) is 2. The normalized spacial score (nSPS) is 12.0. The van der Waals surface area contributed by atoms with Gasteiger partial charge in [-0.1, -0.05) is 19.8 Å². The predicted molar refractivity (Wildman–Crippen MR) is 79.1 cm³/mol. The number of rotatable bonds is 5. The Hall–Kier alpha value is -1.30. The van der Waals surface area contributed by atoms with E-state index < -0.39 is 23.3 Å². The number of ether oxygens (including phenoxy) is 1. The minimum atomic E-state index is -0.846. The molecule has 0 fully saturated rings. The van der Waals surface area contributed by atoms with E-state index in [1.807, 2.05) is 6.92 Å². The van der Waals surface area contributed by atoms with Crippen LogP contribution < -0.4 is 0 Å². The number of hydrogen-bond donors (Lipinski definition) is 0. The molecule has 0 aliphatic rings. The van der Waals surface area contributed by atoms with Gasteiger partial charge in [0.15, 0.2) is 0 Å². The molecule has 0 saturated carbocycles. The van der Waals surface area contributed by atoms with Crippen LogP contribution in [0.25, 0.3) is 0 Å². The Morgan fingerprint density at radius 2 is 1.52 bits per heavy atom. The third kappa shape index (κ3) is 11.1. The van der Waals surface area contributed by atoms with Gasteiger partial charge >= 0.3 is 12.1 Å². The molecule has 0 aliphatic carbocycles. The summed E-state index contributed by atoms with van der Waals surface area (Å²) in [4.78, 5) is 34.1. The van der Waals surface area contributed by atoms with Gasteiger partial charge in [-0.3, -0.25) is 0 Å². The molecule has 0 rings (SSSR count). The molecule has 0 heterocycles. The van der Waals surface area contributed by atoms with E-state index >= 15 is 0 Å². The highest BCUT2D eigenvalue weighted by atomic mass is 17.0. The van der Waals surface area contributed by atoms with Gasteiger partial charge < -0.3 is 9.57 Å². The van der Waals surface area contributed by atoms with E-state index in [0.29, 0.717) is 11.6 Å². The summed E-state index contributed by atoms with van der Waals surface area (Å²) in [5.41, 5.74) is -1.40. The number of carbonyl (C=O) groups is 2. The van der Waals surface area contributed by atoms with Crippen molar-refractivity contribution in [3.8, 4) is 0 Å². The van der Waals surface area contributed by atoms with Gasteiger partial charge in [0.25, 0.3) is 0 Å². The average molecular weight is 303 g/mol. The lowest BCUT2D eigenvalue weighted by Gasteiger charge is -2.29. The predicted octanol–water partition coefficient (Wildman–Crippen LogP) is 3.99. The van der Waals surface area contributed by atoms with Gasteiger partial charge in [-0.25, -0.2) is 14.4 Å². The smallest absolute Gasteiger partial charge is 0.440 e. The van der Waals surface area contributed by atoms with Crippen molar-refractivity contribution >= 4 is 12.1 Å². The monoisotopic (exact) mass is 303 g/mol. The molecule has 0 aromatic heterocycles. The highest BCUT2D eigenvalue weighted by Crippen LogP contribution is 2.16. The fourth-order valence-corrected chi connectivity index (χ4v) is 1.30. The van der Waals surface area contributed by atoms with Crippen molar-refractivity contribution in [1.82, 2.24) is 5.23 Å². The lowest BCUT2D eigenvalue weighted by Crippen LogP contribution is -2.42. The fraction of sp³-hybridized carbons (Fsp3) is 0.867. The van der Waals surface area contributed by atoms with Crippen molar-refractivity contribution in [2.45, 2.75) is 85.4 Å². The minimum Gasteiger partial charge on any atom is -0.440 e. The third-order valence-electron chi connectivity index (χ3n) is 2.07. The van der Waals surface area contributed by atoms with Crippen molar-refractivity contribution in [3.63, 3.8) is 0 Å². The zero-order valence-corrected chi connectivity index (χ0v) is 14.3. The van der Waals surface area contributed by atoms with Gasteiger partial charge in [0.1, 0.15) is 5.60 Å². The SMILES string of the molecule is CCCCCC(=O)ON(OC(C)(C)C)C(=O)OC(C)(C)C. The van der Waals surface area contributed by atoms with Gasteiger partial charge in [0, 0.05) is 11.6 Å². The van der Waals surface area contributed by atoms with Crippen LogP contribution in [0.1, 0.15) is 74.1 Å². The van der Waals surface area contributed by atoms with Crippen LogP contribution >= 0.6 is 0 Å². The quantitative estimate of drug-likeness (QED) is 0.567. The van der Waals surface area contributed by atoms with Crippen LogP contribution in [-0.2, 0) is 19.2 Å². The number of hydrogen-bond acceptors (Lipinski definition) is 5. The summed E-state index contributed by atoms with van der Waals surface area (Å²) in [6, 6.07) is 0. The van der Waals surface area contributed by atoms with Crippen LogP contribution in [0.2, 0.25) is 0 Å². The number of carbonyl (C=O) groups excluding carboxylic acids is 2. The zero-order chi connectivity index (χ0) is 16.7. The molecule has 0 unspecified atom stereocenters. The molecule has 0 aliphatic heterocycles. The van der Waals surface area contributed by atoms with Gasteiger partial charge in [-0.15, -0.1) is 0 Å². The van der Waals surface area contributed by atoms with Gasteiger partial charge in [-0.2, -0.15) is 0 Å². The Morgan fingerprint density at radius 3 is 1.95 bits per heavy atom. The molecule has 0 atom stereocenters. The Morgan fingerprint density at radius 1 is 0.952 bits per heavy atom. The first-order chi connectivity index (χ1) is 9.44. The molecule has 1 amide bonds. The molecule has 0 saturated heterocycles. The number of amides is 1. The zero-order valence-electron chi connectivity index (χ0n) is 14.3. The third-order valence-corrected chi connectivity index (χ3v) is 2.07. The van der Waals surface area contributed by atoms with E-state index in [9.17, 15) is 9.59 Å². The van der Waals surface area contributed by atoms with Crippen molar-refractivity contribution < 1.29 is 24.0 Å². The number of nitrogens with zero attached hydrogens (tertiary/aromatic N) is 1. The largest absolute Gasteiger partial charge is 0.470 e. The Balaban J connectivity index is 4.67. The van der Waals surface area contributed by atoms with E-state index in [0.717, 1.165) is 12.8 Å². The molecular formula is C15H29NO5. The highest BCUT2D eigenvalue weighted by molar-refractivity contribution is 5.72. The van der Waals surface area contributed by atoms with Crippen molar-refractivity contribution in [2.24, 2.45) is 0 Å². The van der Waals surface area contributed by atoms with Crippen LogP contribution in [-0.4, -0.2) is 28.5 Å². The second-order valence-corrected chi connectivity index (χ2v) is 6.86. The molecule has 0 aromatic carbocycles. The maximum atomic E-state index is 12.0. The summed E-state index contributed by atoms with van der Waals surface area (Å²) in [6.45, 7) is 12.5. The molecule has 6 heteroatoms. The van der Waals surface area contributed by atoms with Crippen LogP contribution in [0.4, 0.5) is 4.79 Å². The summed E-state index contributed by atoms with van der Waals surface area (Å²) in [5.74, 6) is -0.515. The van der Waals surface area contributed by atoms with Crippen molar-refractivity contribution in [2.75, 3.05) is 0 Å². The standard InChI is InChI=1S/C15H29NO5/c1-8-9-10-11-12(17)20-16(21-15(5,6)7)13(18)19-14(2,3)4/h8-11H2,1-7H3. The summed E-state index contributed by atoms with van der Waals surface area (Å²) in [5, 5.41) is 0.541. The first kappa shape index (κ1) is 19.7. The van der Waals surface area contributed by atoms with Crippen molar-refractivity contribution in [3.05, 3.63) is 0 Å². The van der Waals surface area contributed by atoms with Crippen molar-refractivity contribution in [1.29, 1.82) is 0 Å². The van der Waals surface area contributed by atoms with E-state index in [2.05, 4.69) is 0 Å². The second-order valence-electron chi connectivity index (χ2n) is 6.86. The molecule has 0 N–H and O–H groups in total. The molecule has 0 radical (unpaired) electrons. The van der Waals surface area contributed by atoms with Crippen LogP contribution in [0.15, 0.2) is 0 Å². The molecule has 0 spiro atoms. The molecule has 0 bridgehead atoms. The maximum absolute atomic E-state index is 12.0. The second kappa shape index (κ2) is 8.22. The summed E-state index contributed by atoms with van der Waals surface area (Å²) in [7, 11) is 0. The van der Waals surface area contributed by atoms with E-state index in [4.69, 9.17) is 14.4 Å². The lowest BCUT2D eigenvalue weighted by molar-refractivity contribution is -0.353. The van der Waals surface area contributed by atoms with Gasteiger partial charge in [-0.05, 0) is 48.0 Å². The van der Waals surface area contributed by atoms with E-state index in [-0.39, 0.29) is 6.42 Å². The molecule has 6 nitrogen and oxygen atoms in total. The highest BCUT2D eigenvalue weighted by Gasteiger charge is 2.30. The average Bonchev–Trinajstić information content (AvgIpc) is 2.24. The first-order valence-electron chi connectivity index (χ1n) is 7.37. The summed E-state index contributed by atoms with van der Waals surface area (Å²) >= 11 is 0. The Kier molecular flexibility index (Phi) is 7.71. The Labute approximate surface area is 127 Å². The summed E-state index contributed by atoms with van der Waals surface area (Å²) < 4.78 is 5.16. The van der Waals surface area contributed by atoms with Crippen LogP contribution in [0.3, 0.4) is 0 Å². The summed E-state index contributed by atoms with van der Waals surface area (Å²) in [6.07, 6.45) is 2.04. The maximum Gasteiger partial charge on any atom is 0.470 e. The van der Waals surface area contributed by atoms with E-state index in [1.165, 1.54) is 0 Å². The van der Waals surface area contributed by atoms with E-state index in [1.54, 1.807) is 41.5 Å². The minimum absolute atomic E-state index is 0.237. The van der Waals surface area contributed by atoms with Gasteiger partial charge in [0.2, 0.25) is 0 Å². The molecule has 0 aromatic rings. The van der Waals surface area contributed by atoms with Crippen LogP contribution in [0, 0.1) is 0 Å². The lowest BCUT2D eigenvalue weighted by atomic mass is 10.2. The molecular weight excluding hydrogens is 274 g/mol. The molecule has 124 valence electrons. The molecule has 21 heavy (non-hydrogen) atoms. The van der Waals surface area contributed by atoms with Crippen LogP contribution in [0.5, 0.6) is 0 Å². The topological polar surface area (TPSA) is 65.1 Å². The van der Waals surface area contributed by atoms with Gasteiger partial charge in [0.05, 0.1) is 5.60 Å². The fourth-order valence-electron chi connectivity index (χ4n) is 1.30. The first-order valence-corrected chi connectivity index (χ1v) is 7.37.